The zero-order valence-electron chi connectivity index (χ0n) is 12.3. The molecule has 1 amide bonds. The molecule has 20 heavy (non-hydrogen) atoms. The number of piperidine rings is 1. The van der Waals surface area contributed by atoms with Gasteiger partial charge in [0.2, 0.25) is 5.91 Å². The van der Waals surface area contributed by atoms with Gasteiger partial charge in [-0.1, -0.05) is 0 Å². The first kappa shape index (κ1) is 14.7. The van der Waals surface area contributed by atoms with Crippen LogP contribution in [0.1, 0.15) is 32.1 Å². The maximum absolute atomic E-state index is 12.7. The van der Waals surface area contributed by atoms with Crippen molar-refractivity contribution < 1.29 is 14.3 Å². The Morgan fingerprint density at radius 2 is 2.20 bits per heavy atom. The molecular formula is C15H25NO3S. The summed E-state index contributed by atoms with van der Waals surface area (Å²) in [6.45, 7) is 2.36. The van der Waals surface area contributed by atoms with Gasteiger partial charge in [-0.05, 0) is 37.2 Å². The number of hydrogen-bond donors (Lipinski definition) is 0. The van der Waals surface area contributed by atoms with Crippen LogP contribution in [0.4, 0.5) is 0 Å². The molecule has 0 unspecified atom stereocenters. The van der Waals surface area contributed by atoms with E-state index >= 15 is 0 Å². The number of methoxy groups -OCH3 is 1. The number of hydrogen-bond acceptors (Lipinski definition) is 4. The number of rotatable bonds is 2. The average molecular weight is 299 g/mol. The van der Waals surface area contributed by atoms with Crippen LogP contribution in [-0.4, -0.2) is 60.8 Å². The molecule has 0 aliphatic carbocycles. The quantitative estimate of drug-likeness (QED) is 0.781. The van der Waals surface area contributed by atoms with Gasteiger partial charge in [0.15, 0.2) is 0 Å². The molecule has 3 saturated heterocycles. The topological polar surface area (TPSA) is 38.8 Å². The highest BCUT2D eigenvalue weighted by Crippen LogP contribution is 2.36. The third-order valence-corrected chi connectivity index (χ3v) is 5.98. The van der Waals surface area contributed by atoms with Crippen molar-refractivity contribution in [1.82, 2.24) is 4.90 Å². The number of amides is 1. The van der Waals surface area contributed by atoms with Crippen molar-refractivity contribution >= 4 is 17.7 Å². The number of thioether (sulfide) groups is 1. The maximum atomic E-state index is 12.7. The van der Waals surface area contributed by atoms with Gasteiger partial charge in [0, 0.05) is 32.5 Å². The van der Waals surface area contributed by atoms with Crippen LogP contribution in [-0.2, 0) is 14.3 Å². The molecule has 3 fully saturated rings. The van der Waals surface area contributed by atoms with Crippen LogP contribution in [0.2, 0.25) is 0 Å². The van der Waals surface area contributed by atoms with Gasteiger partial charge in [-0.2, -0.15) is 11.8 Å². The summed E-state index contributed by atoms with van der Waals surface area (Å²) in [5.41, 5.74) is -0.127. The summed E-state index contributed by atoms with van der Waals surface area (Å²) >= 11 is 1.97. The summed E-state index contributed by atoms with van der Waals surface area (Å²) < 4.78 is 11.4. The molecule has 3 aliphatic heterocycles. The second-order valence-electron chi connectivity index (χ2n) is 6.31. The van der Waals surface area contributed by atoms with Crippen molar-refractivity contribution in [2.45, 2.75) is 43.8 Å². The van der Waals surface area contributed by atoms with Crippen LogP contribution in [0.15, 0.2) is 0 Å². The Hall–Kier alpha value is -0.260. The second kappa shape index (κ2) is 6.24. The molecular weight excluding hydrogens is 274 g/mol. The lowest BCUT2D eigenvalue weighted by Gasteiger charge is -2.41. The molecule has 0 saturated carbocycles. The molecule has 3 heterocycles. The van der Waals surface area contributed by atoms with Crippen LogP contribution >= 0.6 is 11.8 Å². The molecule has 4 nitrogen and oxygen atoms in total. The number of ether oxygens (including phenoxy) is 2. The first-order valence-electron chi connectivity index (χ1n) is 7.76. The highest BCUT2D eigenvalue weighted by atomic mass is 32.2. The third-order valence-electron chi connectivity index (χ3n) is 4.93. The minimum Gasteiger partial charge on any atom is -0.379 e. The number of likely N-dealkylation sites (tertiary alicyclic amines) is 1. The fourth-order valence-electron chi connectivity index (χ4n) is 3.73. The van der Waals surface area contributed by atoms with E-state index in [1.165, 1.54) is 0 Å². The largest absolute Gasteiger partial charge is 0.379 e. The Bertz CT molecular complexity index is 359. The lowest BCUT2D eigenvalue weighted by molar-refractivity contribution is -0.143. The molecule has 1 spiro atoms. The van der Waals surface area contributed by atoms with Gasteiger partial charge >= 0.3 is 0 Å². The molecule has 3 aliphatic rings. The summed E-state index contributed by atoms with van der Waals surface area (Å²) in [4.78, 5) is 14.7. The Balaban J connectivity index is 1.61. The van der Waals surface area contributed by atoms with E-state index in [9.17, 15) is 4.79 Å². The summed E-state index contributed by atoms with van der Waals surface area (Å²) in [5, 5.41) is 0. The molecule has 0 radical (unpaired) electrons. The summed E-state index contributed by atoms with van der Waals surface area (Å²) in [5.74, 6) is 2.90. The van der Waals surface area contributed by atoms with Crippen molar-refractivity contribution in [1.29, 1.82) is 0 Å². The minimum atomic E-state index is -0.127. The number of carbonyl (C=O) groups excluding carboxylic acids is 1. The number of carbonyl (C=O) groups is 1. The van der Waals surface area contributed by atoms with Crippen molar-refractivity contribution in [3.8, 4) is 0 Å². The molecule has 3 rings (SSSR count). The van der Waals surface area contributed by atoms with E-state index < -0.39 is 0 Å². The van der Waals surface area contributed by atoms with Crippen molar-refractivity contribution in [3.63, 3.8) is 0 Å². The van der Waals surface area contributed by atoms with E-state index in [1.54, 1.807) is 7.11 Å². The van der Waals surface area contributed by atoms with E-state index in [0.29, 0.717) is 12.5 Å². The van der Waals surface area contributed by atoms with Crippen LogP contribution in [0.5, 0.6) is 0 Å². The van der Waals surface area contributed by atoms with E-state index in [4.69, 9.17) is 9.47 Å². The highest BCUT2D eigenvalue weighted by molar-refractivity contribution is 7.99. The monoisotopic (exact) mass is 299 g/mol. The van der Waals surface area contributed by atoms with Gasteiger partial charge in [-0.15, -0.1) is 0 Å². The first-order valence-corrected chi connectivity index (χ1v) is 8.91. The average Bonchev–Trinajstić information content (AvgIpc) is 2.90. The molecule has 2 atom stereocenters. The van der Waals surface area contributed by atoms with Gasteiger partial charge in [-0.25, -0.2) is 0 Å². The molecule has 0 aromatic rings. The Labute approximate surface area is 125 Å². The molecule has 0 N–H and O–H groups in total. The molecule has 0 bridgehead atoms. The Morgan fingerprint density at radius 1 is 1.40 bits per heavy atom. The van der Waals surface area contributed by atoms with Gasteiger partial charge in [0.05, 0.1) is 18.3 Å². The summed E-state index contributed by atoms with van der Waals surface area (Å²) in [6.07, 6.45) is 5.37. The van der Waals surface area contributed by atoms with Crippen molar-refractivity contribution in [2.24, 2.45) is 5.92 Å². The zero-order chi connectivity index (χ0) is 14.0. The van der Waals surface area contributed by atoms with Crippen LogP contribution in [0.25, 0.3) is 0 Å². The minimum absolute atomic E-state index is 0.127. The maximum Gasteiger partial charge on any atom is 0.225 e. The van der Waals surface area contributed by atoms with Crippen LogP contribution < -0.4 is 0 Å². The SMILES string of the molecule is CO[C@@H]1CO[C@@]2(CCCN(C(=O)C3CCSCC3)C2)C1. The van der Waals surface area contributed by atoms with Gasteiger partial charge < -0.3 is 14.4 Å². The Morgan fingerprint density at radius 3 is 2.90 bits per heavy atom. The van der Waals surface area contributed by atoms with Crippen LogP contribution in [0, 0.1) is 5.92 Å². The lowest BCUT2D eigenvalue weighted by Crippen LogP contribution is -2.52. The molecule has 0 aromatic heterocycles. The van der Waals surface area contributed by atoms with Gasteiger partial charge in [0.1, 0.15) is 0 Å². The Kier molecular flexibility index (Phi) is 4.58. The van der Waals surface area contributed by atoms with E-state index in [2.05, 4.69) is 4.90 Å². The normalized spacial score (nSPS) is 35.6. The van der Waals surface area contributed by atoms with Gasteiger partial charge in [-0.3, -0.25) is 4.79 Å². The highest BCUT2D eigenvalue weighted by Gasteiger charge is 2.45. The van der Waals surface area contributed by atoms with E-state index in [0.717, 1.165) is 56.7 Å². The fraction of sp³-hybridized carbons (Fsp3) is 0.933. The van der Waals surface area contributed by atoms with Crippen LogP contribution in [0.3, 0.4) is 0 Å². The summed E-state index contributed by atoms with van der Waals surface area (Å²) in [7, 11) is 1.75. The zero-order valence-corrected chi connectivity index (χ0v) is 13.1. The van der Waals surface area contributed by atoms with Crippen molar-refractivity contribution in [2.75, 3.05) is 38.3 Å². The second-order valence-corrected chi connectivity index (χ2v) is 7.53. The lowest BCUT2D eigenvalue weighted by atomic mass is 9.88. The fourth-order valence-corrected chi connectivity index (χ4v) is 4.83. The van der Waals surface area contributed by atoms with E-state index in [-0.39, 0.29) is 17.6 Å². The summed E-state index contributed by atoms with van der Waals surface area (Å²) in [6, 6.07) is 0. The molecule has 114 valence electrons. The molecule has 0 aromatic carbocycles. The molecule has 5 heteroatoms. The predicted octanol–water partition coefficient (Wildman–Crippen LogP) is 1.93. The van der Waals surface area contributed by atoms with E-state index in [1.807, 2.05) is 11.8 Å². The van der Waals surface area contributed by atoms with Gasteiger partial charge in [0.25, 0.3) is 0 Å². The third kappa shape index (κ3) is 3.00. The smallest absolute Gasteiger partial charge is 0.225 e. The predicted molar refractivity (Wildman–Crippen MR) is 80.0 cm³/mol. The van der Waals surface area contributed by atoms with Crippen molar-refractivity contribution in [3.05, 3.63) is 0 Å². The number of nitrogens with zero attached hydrogens (tertiary/aromatic N) is 1. The first-order chi connectivity index (χ1) is 9.72. The standard InChI is InChI=1S/C15H25NO3S/c1-18-13-9-15(19-10-13)5-2-6-16(11-15)14(17)12-3-7-20-8-4-12/h12-13H,2-11H2,1H3/t13-,15-/m0/s1.